The van der Waals surface area contributed by atoms with Crippen molar-refractivity contribution in [3.8, 4) is 0 Å². The molecule has 2 aromatic rings. The number of aliphatic carboxylic acids is 1. The van der Waals surface area contributed by atoms with Gasteiger partial charge in [-0.2, -0.15) is 0 Å². The Hall–Kier alpha value is -3.24. The molecule has 2 N–H and O–H groups in total. The summed E-state index contributed by atoms with van der Waals surface area (Å²) in [7, 11) is 0. The normalized spacial score (nSPS) is 13.2. The molecule has 2 aromatic carbocycles. The third-order valence-corrected chi connectivity index (χ3v) is 5.28. The van der Waals surface area contributed by atoms with Crippen LogP contribution in [-0.2, 0) is 4.79 Å². The molecule has 10 heteroatoms. The smallest absolute Gasteiger partial charge is 0.313 e. The second-order valence-corrected chi connectivity index (χ2v) is 7.78. The topological polar surface area (TPSA) is 136 Å². The zero-order valence-electron chi connectivity index (χ0n) is 17.5. The molecule has 1 aliphatic rings. The van der Waals surface area contributed by atoms with Crippen LogP contribution < -0.4 is 5.32 Å². The van der Waals surface area contributed by atoms with Crippen LogP contribution in [0.2, 0.25) is 0 Å². The van der Waals surface area contributed by atoms with E-state index in [2.05, 4.69) is 5.32 Å². The summed E-state index contributed by atoms with van der Waals surface area (Å²) in [4.78, 5) is 29.9. The van der Waals surface area contributed by atoms with Gasteiger partial charge >= 0.3 is 5.97 Å². The first-order valence-electron chi connectivity index (χ1n) is 9.96. The van der Waals surface area contributed by atoms with Crippen LogP contribution >= 0.6 is 11.8 Å². The predicted molar refractivity (Wildman–Crippen MR) is 126 cm³/mol. The highest BCUT2D eigenvalue weighted by Crippen LogP contribution is 2.28. The maximum absolute atomic E-state index is 10.5. The maximum atomic E-state index is 10.5. The van der Waals surface area contributed by atoms with Gasteiger partial charge < -0.3 is 10.4 Å². The number of thioether (sulfide) groups is 1. The second-order valence-electron chi connectivity index (χ2n) is 6.59. The van der Waals surface area contributed by atoms with Crippen LogP contribution in [0.3, 0.4) is 0 Å². The predicted octanol–water partition coefficient (Wildman–Crippen LogP) is 4.13. The van der Waals surface area contributed by atoms with Gasteiger partial charge in [-0.05, 0) is 37.1 Å². The number of benzene rings is 2. The monoisotopic (exact) mass is 461 g/mol. The first kappa shape index (κ1) is 26.8. The average molecular weight is 462 g/mol. The van der Waals surface area contributed by atoms with Crippen molar-refractivity contribution in [1.29, 1.82) is 0 Å². The Morgan fingerprint density at radius 3 is 2.03 bits per heavy atom. The average Bonchev–Trinajstić information content (AvgIpc) is 3.37. The molecule has 1 fully saturated rings. The summed E-state index contributed by atoms with van der Waals surface area (Å²) in [5.41, 5.74) is 1.62. The van der Waals surface area contributed by atoms with Gasteiger partial charge in [0.05, 0.1) is 15.9 Å². The third-order valence-electron chi connectivity index (χ3n) is 4.04. The number of nitrogens with one attached hydrogen (secondary N) is 1. The van der Waals surface area contributed by atoms with Crippen molar-refractivity contribution in [3.05, 3.63) is 98.2 Å². The zero-order valence-corrected chi connectivity index (χ0v) is 18.4. The van der Waals surface area contributed by atoms with Crippen LogP contribution in [0.25, 0.3) is 6.08 Å². The summed E-state index contributed by atoms with van der Waals surface area (Å²) in [6.45, 7) is 2.24. The number of nitro groups is 2. The zero-order chi connectivity index (χ0) is 23.6. The van der Waals surface area contributed by atoms with Crippen LogP contribution in [0.4, 0.5) is 0 Å². The van der Waals surface area contributed by atoms with Gasteiger partial charge in [0.25, 0.3) is 0 Å². The highest BCUT2D eigenvalue weighted by Gasteiger charge is 2.19. The molecule has 0 bridgehead atoms. The van der Waals surface area contributed by atoms with Crippen molar-refractivity contribution < 1.29 is 19.7 Å². The van der Waals surface area contributed by atoms with Crippen molar-refractivity contribution in [2.45, 2.75) is 18.1 Å². The maximum Gasteiger partial charge on any atom is 0.313 e. The molecule has 1 heterocycles. The minimum atomic E-state index is -0.964. The van der Waals surface area contributed by atoms with Gasteiger partial charge in [-0.1, -0.05) is 60.7 Å². The fraction of sp³-hybridized carbons (Fsp3) is 0.318. The lowest BCUT2D eigenvalue weighted by Gasteiger charge is -2.11. The Kier molecular flexibility index (Phi) is 13.8. The van der Waals surface area contributed by atoms with Crippen molar-refractivity contribution in [3.63, 3.8) is 0 Å². The molecule has 0 radical (unpaired) electrons. The quantitative estimate of drug-likeness (QED) is 0.442. The molecule has 32 heavy (non-hydrogen) atoms. The lowest BCUT2D eigenvalue weighted by atomic mass is 10.1. The molecule has 3 rings (SSSR count). The van der Waals surface area contributed by atoms with Crippen LogP contribution in [0, 0.1) is 20.2 Å². The van der Waals surface area contributed by atoms with Crippen LogP contribution in [0.15, 0.2) is 66.9 Å². The van der Waals surface area contributed by atoms with Crippen molar-refractivity contribution in [1.82, 2.24) is 5.32 Å². The number of rotatable bonds is 8. The largest absolute Gasteiger partial charge is 0.481 e. The highest BCUT2D eigenvalue weighted by atomic mass is 32.2. The van der Waals surface area contributed by atoms with Crippen molar-refractivity contribution >= 4 is 23.8 Å². The van der Waals surface area contributed by atoms with E-state index in [-0.39, 0.29) is 12.3 Å². The Balaban J connectivity index is 0.000000273. The van der Waals surface area contributed by atoms with Gasteiger partial charge in [0.1, 0.15) is 0 Å². The molecule has 0 aromatic heterocycles. The molecule has 0 spiro atoms. The van der Waals surface area contributed by atoms with E-state index >= 15 is 0 Å². The fourth-order valence-electron chi connectivity index (χ4n) is 2.57. The van der Waals surface area contributed by atoms with Gasteiger partial charge in [0, 0.05) is 11.0 Å². The van der Waals surface area contributed by atoms with E-state index in [4.69, 9.17) is 5.11 Å². The number of carboxylic acid groups (broad SMARTS) is 1. The van der Waals surface area contributed by atoms with E-state index in [1.807, 2.05) is 24.3 Å². The first-order chi connectivity index (χ1) is 15.4. The van der Waals surface area contributed by atoms with Gasteiger partial charge in [-0.25, -0.2) is 0 Å². The molecule has 172 valence electrons. The van der Waals surface area contributed by atoms with E-state index in [0.29, 0.717) is 0 Å². The lowest BCUT2D eigenvalue weighted by molar-refractivity contribution is -0.479. The summed E-state index contributed by atoms with van der Waals surface area (Å²) in [5, 5.41) is 31.7. The number of hydrogen-bond donors (Lipinski definition) is 2. The summed E-state index contributed by atoms with van der Waals surface area (Å²) < 4.78 is 0. The molecule has 0 aliphatic carbocycles. The fourth-order valence-corrected chi connectivity index (χ4v) is 3.49. The van der Waals surface area contributed by atoms with Gasteiger partial charge in [0.2, 0.25) is 12.7 Å². The van der Waals surface area contributed by atoms with Crippen LogP contribution in [-0.4, -0.2) is 46.3 Å². The number of hydrogen-bond acceptors (Lipinski definition) is 7. The first-order valence-corrected chi connectivity index (χ1v) is 11.0. The molecule has 1 atom stereocenters. The van der Waals surface area contributed by atoms with E-state index < -0.39 is 21.1 Å². The van der Waals surface area contributed by atoms with Crippen LogP contribution in [0.1, 0.15) is 29.2 Å². The lowest BCUT2D eigenvalue weighted by Crippen LogP contribution is -2.12. The standard InChI is InChI=1S/C10H11NO4S.C8H7NO2.C4H9N/c12-10(13)7-16-9(6-11(14)15)8-4-2-1-3-5-8;10-9(11)7-6-8-4-2-1-3-5-8;1-2-4-5-3-1/h1-5,9H,6-7H2,(H,12,13);1-7H;5H,1-4H2/b;7-6+;. The molecule has 1 saturated heterocycles. The van der Waals surface area contributed by atoms with Gasteiger partial charge in [-0.3, -0.25) is 25.0 Å². The SMILES string of the molecule is C1CCNC1.O=C(O)CSC(C[N+](=O)[O-])c1ccccc1.O=[N+]([O-])/C=C/c1ccccc1. The molecule has 9 nitrogen and oxygen atoms in total. The summed E-state index contributed by atoms with van der Waals surface area (Å²) >= 11 is 1.07. The molecule has 1 aliphatic heterocycles. The summed E-state index contributed by atoms with van der Waals surface area (Å²) in [6, 6.07) is 18.1. The number of carbonyl (C=O) groups is 1. The van der Waals surface area contributed by atoms with Crippen molar-refractivity contribution in [2.24, 2.45) is 0 Å². The molecule has 0 amide bonds. The Labute approximate surface area is 190 Å². The van der Waals surface area contributed by atoms with E-state index in [9.17, 15) is 25.0 Å². The molecular weight excluding hydrogens is 434 g/mol. The highest BCUT2D eigenvalue weighted by molar-refractivity contribution is 8.00. The Morgan fingerprint density at radius 1 is 1.03 bits per heavy atom. The Bertz CT molecular complexity index is 838. The number of nitrogens with zero attached hydrogens (tertiary/aromatic N) is 2. The van der Waals surface area contributed by atoms with Crippen LogP contribution in [0.5, 0.6) is 0 Å². The third kappa shape index (κ3) is 13.9. The minimum Gasteiger partial charge on any atom is -0.481 e. The molecule has 1 unspecified atom stereocenters. The number of carboxylic acids is 1. The van der Waals surface area contributed by atoms with E-state index in [1.54, 1.807) is 36.4 Å². The summed E-state index contributed by atoms with van der Waals surface area (Å²) in [6.07, 6.45) is 5.16. The van der Waals surface area contributed by atoms with Gasteiger partial charge in [0.15, 0.2) is 0 Å². The van der Waals surface area contributed by atoms with Gasteiger partial charge in [-0.15, -0.1) is 11.8 Å². The van der Waals surface area contributed by atoms with E-state index in [0.717, 1.165) is 29.1 Å². The van der Waals surface area contributed by atoms with Crippen molar-refractivity contribution in [2.75, 3.05) is 25.4 Å². The molecular formula is C22H27N3O6S. The second kappa shape index (κ2) is 16.5. The minimum absolute atomic E-state index is 0.132. The summed E-state index contributed by atoms with van der Waals surface area (Å²) in [5.74, 6) is -1.10. The molecule has 0 saturated carbocycles. The Morgan fingerprint density at radius 2 is 1.59 bits per heavy atom. The van der Waals surface area contributed by atoms with E-state index in [1.165, 1.54) is 32.0 Å².